The second kappa shape index (κ2) is 10.5. The van der Waals surface area contributed by atoms with Gasteiger partial charge in [-0.25, -0.2) is 12.8 Å². The number of carbonyl (C=O) groups is 3. The van der Waals surface area contributed by atoms with Crippen LogP contribution in [0.4, 0.5) is 15.8 Å². The first-order valence-electron chi connectivity index (χ1n) is 9.25. The van der Waals surface area contributed by atoms with Crippen molar-refractivity contribution in [2.75, 3.05) is 10.6 Å². The number of hydrogen-bond donors (Lipinski definition) is 3. The number of esters is 1. The Morgan fingerprint density at radius 1 is 1.03 bits per heavy atom. The van der Waals surface area contributed by atoms with E-state index >= 15 is 0 Å². The summed E-state index contributed by atoms with van der Waals surface area (Å²) >= 11 is 5.65. The molecule has 0 bridgehead atoms. The number of sulfonamides is 1. The lowest BCUT2D eigenvalue weighted by Gasteiger charge is -2.18. The van der Waals surface area contributed by atoms with Crippen LogP contribution in [-0.4, -0.2) is 38.3 Å². The van der Waals surface area contributed by atoms with E-state index in [2.05, 4.69) is 15.4 Å². The van der Waals surface area contributed by atoms with Crippen molar-refractivity contribution in [1.29, 1.82) is 0 Å². The lowest BCUT2D eigenvalue weighted by Crippen LogP contribution is -2.42. The normalized spacial score (nSPS) is 13.0. The number of ether oxygens (including phenoxy) is 1. The Labute approximate surface area is 189 Å². The van der Waals surface area contributed by atoms with E-state index < -0.39 is 39.9 Å². The molecule has 12 heteroatoms. The van der Waals surface area contributed by atoms with Crippen LogP contribution in [0.2, 0.25) is 5.02 Å². The van der Waals surface area contributed by atoms with E-state index in [4.69, 9.17) is 16.3 Å². The van der Waals surface area contributed by atoms with Gasteiger partial charge in [0.1, 0.15) is 11.9 Å². The summed E-state index contributed by atoms with van der Waals surface area (Å²) in [6.07, 6.45) is -1.33. The topological polar surface area (TPSA) is 131 Å². The molecule has 0 aromatic heterocycles. The van der Waals surface area contributed by atoms with Crippen molar-refractivity contribution in [3.8, 4) is 0 Å². The molecule has 2 amide bonds. The predicted molar refractivity (Wildman–Crippen MR) is 116 cm³/mol. The van der Waals surface area contributed by atoms with Crippen LogP contribution in [0.3, 0.4) is 0 Å². The van der Waals surface area contributed by atoms with E-state index in [0.717, 1.165) is 6.07 Å². The number of benzene rings is 2. The molecule has 32 heavy (non-hydrogen) atoms. The molecule has 172 valence electrons. The molecular weight excluding hydrogens is 465 g/mol. The van der Waals surface area contributed by atoms with Gasteiger partial charge in [-0.2, -0.15) is 4.72 Å². The van der Waals surface area contributed by atoms with Gasteiger partial charge in [-0.1, -0.05) is 11.6 Å². The fraction of sp³-hybridized carbons (Fsp3) is 0.250. The van der Waals surface area contributed by atoms with Crippen molar-refractivity contribution in [1.82, 2.24) is 4.72 Å². The number of amides is 2. The van der Waals surface area contributed by atoms with E-state index in [1.165, 1.54) is 57.2 Å². The molecule has 0 saturated carbocycles. The smallest absolute Gasteiger partial charge is 0.324 e. The van der Waals surface area contributed by atoms with E-state index in [1.807, 2.05) is 0 Å². The molecule has 0 spiro atoms. The van der Waals surface area contributed by atoms with Crippen LogP contribution in [0.5, 0.6) is 0 Å². The SMILES string of the molecule is CC(=O)Nc1ccc(S(=O)(=O)N[C@@H](C)C(=O)OC(C)C(=O)Nc2ccc(Cl)cc2F)cc1. The van der Waals surface area contributed by atoms with Gasteiger partial charge in [0.05, 0.1) is 10.6 Å². The third-order valence-electron chi connectivity index (χ3n) is 4.02. The number of nitrogens with one attached hydrogen (secondary N) is 3. The summed E-state index contributed by atoms with van der Waals surface area (Å²) in [5, 5.41) is 4.90. The summed E-state index contributed by atoms with van der Waals surface area (Å²) in [5.41, 5.74) is 0.250. The molecule has 0 fully saturated rings. The van der Waals surface area contributed by atoms with Gasteiger partial charge < -0.3 is 15.4 Å². The average Bonchev–Trinajstić information content (AvgIpc) is 2.69. The first-order valence-corrected chi connectivity index (χ1v) is 11.1. The molecule has 2 aromatic carbocycles. The Hall–Kier alpha value is -3.02. The van der Waals surface area contributed by atoms with Crippen molar-refractivity contribution in [2.24, 2.45) is 0 Å². The van der Waals surface area contributed by atoms with Gasteiger partial charge in [0, 0.05) is 17.6 Å². The van der Waals surface area contributed by atoms with Crippen molar-refractivity contribution in [3.63, 3.8) is 0 Å². The monoisotopic (exact) mass is 485 g/mol. The van der Waals surface area contributed by atoms with E-state index in [9.17, 15) is 27.2 Å². The van der Waals surface area contributed by atoms with E-state index in [0.29, 0.717) is 5.69 Å². The minimum atomic E-state index is -4.09. The quantitative estimate of drug-likeness (QED) is 0.493. The number of halogens is 2. The minimum absolute atomic E-state index is 0.143. The van der Waals surface area contributed by atoms with Gasteiger partial charge in [-0.3, -0.25) is 14.4 Å². The molecule has 0 saturated heterocycles. The molecule has 2 rings (SSSR count). The zero-order chi connectivity index (χ0) is 24.1. The van der Waals surface area contributed by atoms with Crippen molar-refractivity contribution in [2.45, 2.75) is 37.8 Å². The molecule has 3 N–H and O–H groups in total. The second-order valence-corrected chi connectivity index (χ2v) is 8.89. The van der Waals surface area contributed by atoms with Crippen LogP contribution in [0, 0.1) is 5.82 Å². The molecule has 0 aliphatic carbocycles. The summed E-state index contributed by atoms with van der Waals surface area (Å²) < 4.78 is 45.9. The third kappa shape index (κ3) is 7.01. The van der Waals surface area contributed by atoms with E-state index in [-0.39, 0.29) is 21.5 Å². The van der Waals surface area contributed by atoms with Gasteiger partial charge in [-0.05, 0) is 56.3 Å². The van der Waals surface area contributed by atoms with Crippen LogP contribution in [0.15, 0.2) is 47.4 Å². The van der Waals surface area contributed by atoms with Crippen LogP contribution < -0.4 is 15.4 Å². The summed E-state index contributed by atoms with van der Waals surface area (Å²) in [4.78, 5) is 35.3. The highest BCUT2D eigenvalue weighted by atomic mass is 35.5. The lowest BCUT2D eigenvalue weighted by molar-refractivity contribution is -0.154. The molecule has 0 aliphatic rings. The van der Waals surface area contributed by atoms with Gasteiger partial charge in [0.15, 0.2) is 6.10 Å². The average molecular weight is 486 g/mol. The first kappa shape index (κ1) is 25.2. The summed E-state index contributed by atoms with van der Waals surface area (Å²) in [7, 11) is -4.09. The minimum Gasteiger partial charge on any atom is -0.451 e. The van der Waals surface area contributed by atoms with Crippen molar-refractivity contribution in [3.05, 3.63) is 53.3 Å². The highest BCUT2D eigenvalue weighted by Crippen LogP contribution is 2.19. The Balaban J connectivity index is 1.97. The molecular formula is C20H21ClFN3O6S. The molecule has 9 nitrogen and oxygen atoms in total. The molecule has 2 atom stereocenters. The van der Waals surface area contributed by atoms with Gasteiger partial charge >= 0.3 is 5.97 Å². The largest absolute Gasteiger partial charge is 0.451 e. The van der Waals surface area contributed by atoms with Gasteiger partial charge in [-0.15, -0.1) is 0 Å². The molecule has 0 heterocycles. The maximum atomic E-state index is 13.8. The van der Waals surface area contributed by atoms with Crippen LogP contribution in [0.1, 0.15) is 20.8 Å². The summed E-state index contributed by atoms with van der Waals surface area (Å²) in [5.74, 6) is -2.91. The van der Waals surface area contributed by atoms with E-state index in [1.54, 1.807) is 0 Å². The Kier molecular flexibility index (Phi) is 8.31. The predicted octanol–water partition coefficient (Wildman–Crippen LogP) is 2.67. The molecule has 0 radical (unpaired) electrons. The Morgan fingerprint density at radius 2 is 1.66 bits per heavy atom. The van der Waals surface area contributed by atoms with Crippen molar-refractivity contribution < 1.29 is 31.9 Å². The zero-order valence-electron chi connectivity index (χ0n) is 17.3. The third-order valence-corrected chi connectivity index (χ3v) is 5.81. The van der Waals surface area contributed by atoms with Gasteiger partial charge in [0.25, 0.3) is 5.91 Å². The highest BCUT2D eigenvalue weighted by Gasteiger charge is 2.26. The highest BCUT2D eigenvalue weighted by molar-refractivity contribution is 7.89. The fourth-order valence-electron chi connectivity index (χ4n) is 2.42. The zero-order valence-corrected chi connectivity index (χ0v) is 18.9. The number of carbonyl (C=O) groups excluding carboxylic acids is 3. The summed E-state index contributed by atoms with van der Waals surface area (Å²) in [6.45, 7) is 3.81. The molecule has 1 unspecified atom stereocenters. The van der Waals surface area contributed by atoms with Crippen LogP contribution >= 0.6 is 11.6 Å². The first-order chi connectivity index (χ1) is 14.9. The number of hydrogen-bond acceptors (Lipinski definition) is 6. The van der Waals surface area contributed by atoms with Crippen LogP contribution in [-0.2, 0) is 29.1 Å². The standard InChI is InChI=1S/C20H21ClFN3O6S/c1-11(25-32(29,30)16-7-5-15(6-8-16)23-13(3)26)20(28)31-12(2)19(27)24-18-9-4-14(21)10-17(18)22/h4-12,25H,1-3H3,(H,23,26)(H,24,27)/t11-,12?/m0/s1. The second-order valence-electron chi connectivity index (χ2n) is 6.74. The lowest BCUT2D eigenvalue weighted by atomic mass is 10.2. The van der Waals surface area contributed by atoms with Crippen molar-refractivity contribution >= 4 is 50.8 Å². The molecule has 2 aromatic rings. The maximum Gasteiger partial charge on any atom is 0.324 e. The van der Waals surface area contributed by atoms with Gasteiger partial charge in [0.2, 0.25) is 15.9 Å². The Morgan fingerprint density at radius 3 is 2.22 bits per heavy atom. The Bertz CT molecular complexity index is 1120. The number of anilines is 2. The number of rotatable bonds is 8. The maximum absolute atomic E-state index is 13.8. The van der Waals surface area contributed by atoms with Crippen LogP contribution in [0.25, 0.3) is 0 Å². The molecule has 0 aliphatic heterocycles. The fourth-order valence-corrected chi connectivity index (χ4v) is 3.78. The summed E-state index contributed by atoms with van der Waals surface area (Å²) in [6, 6.07) is 7.59.